The van der Waals surface area contributed by atoms with Crippen molar-refractivity contribution in [1.82, 2.24) is 10.3 Å². The first-order valence-electron chi connectivity index (χ1n) is 6.97. The zero-order valence-corrected chi connectivity index (χ0v) is 11.8. The van der Waals surface area contributed by atoms with Crippen LogP contribution in [0.2, 0.25) is 0 Å². The summed E-state index contributed by atoms with van der Waals surface area (Å²) in [4.78, 5) is 16.2. The van der Waals surface area contributed by atoms with Gasteiger partial charge in [-0.25, -0.2) is 0 Å². The molecule has 0 spiro atoms. The maximum atomic E-state index is 12.1. The average molecular weight is 261 g/mol. The fourth-order valence-electron chi connectivity index (χ4n) is 2.71. The van der Waals surface area contributed by atoms with E-state index in [0.29, 0.717) is 12.1 Å². The highest BCUT2D eigenvalue weighted by atomic mass is 16.1. The monoisotopic (exact) mass is 261 g/mol. The van der Waals surface area contributed by atoms with Crippen LogP contribution in [0.4, 0.5) is 5.69 Å². The van der Waals surface area contributed by atoms with Crippen molar-refractivity contribution in [3.63, 3.8) is 0 Å². The van der Waals surface area contributed by atoms with E-state index in [0.717, 1.165) is 12.1 Å². The Morgan fingerprint density at radius 1 is 1.47 bits per heavy atom. The number of rotatable bonds is 3. The Kier molecular flexibility index (Phi) is 4.08. The predicted octanol–water partition coefficient (Wildman–Crippen LogP) is 2.29. The number of hydrogen-bond acceptors (Lipinski definition) is 3. The van der Waals surface area contributed by atoms with Crippen molar-refractivity contribution >= 4 is 11.6 Å². The van der Waals surface area contributed by atoms with Crippen molar-refractivity contribution in [2.24, 2.45) is 5.41 Å². The standard InChI is InChI=1S/C15H23N3O/c1-15(2)8-4-3-5-13(15)18-14(19)9-12-7-6-11(16)10-17-12/h6-7,10,13H,3-5,8-9,16H2,1-2H3,(H,18,19). The number of amides is 1. The van der Waals surface area contributed by atoms with Gasteiger partial charge in [-0.1, -0.05) is 26.7 Å². The average Bonchev–Trinajstić information content (AvgIpc) is 2.35. The lowest BCUT2D eigenvalue weighted by molar-refractivity contribution is -0.122. The first kappa shape index (κ1) is 13.8. The molecule has 19 heavy (non-hydrogen) atoms. The van der Waals surface area contributed by atoms with Gasteiger partial charge in [-0.15, -0.1) is 0 Å². The third-order valence-corrected chi connectivity index (χ3v) is 4.03. The summed E-state index contributed by atoms with van der Waals surface area (Å²) in [5.74, 6) is 0.0530. The van der Waals surface area contributed by atoms with Gasteiger partial charge in [-0.05, 0) is 30.4 Å². The molecule has 4 heteroatoms. The van der Waals surface area contributed by atoms with E-state index in [1.807, 2.05) is 0 Å². The Bertz CT molecular complexity index is 439. The Hall–Kier alpha value is -1.58. The molecule has 0 radical (unpaired) electrons. The Morgan fingerprint density at radius 2 is 2.26 bits per heavy atom. The van der Waals surface area contributed by atoms with E-state index in [4.69, 9.17) is 5.73 Å². The highest BCUT2D eigenvalue weighted by Crippen LogP contribution is 2.35. The van der Waals surface area contributed by atoms with Crippen LogP contribution in [0.3, 0.4) is 0 Å². The fourth-order valence-corrected chi connectivity index (χ4v) is 2.71. The van der Waals surface area contributed by atoms with E-state index < -0.39 is 0 Å². The SMILES string of the molecule is CC1(C)CCCCC1NC(=O)Cc1ccc(N)cn1. The molecule has 2 rings (SSSR count). The molecule has 3 N–H and O–H groups in total. The number of nitrogens with one attached hydrogen (secondary N) is 1. The van der Waals surface area contributed by atoms with Crippen molar-refractivity contribution < 1.29 is 4.79 Å². The molecule has 0 aromatic carbocycles. The minimum Gasteiger partial charge on any atom is -0.397 e. The number of nitrogens with zero attached hydrogens (tertiary/aromatic N) is 1. The lowest BCUT2D eigenvalue weighted by Gasteiger charge is -2.39. The second kappa shape index (κ2) is 5.59. The van der Waals surface area contributed by atoms with Gasteiger partial charge >= 0.3 is 0 Å². The van der Waals surface area contributed by atoms with Gasteiger partial charge in [-0.3, -0.25) is 9.78 Å². The van der Waals surface area contributed by atoms with E-state index in [2.05, 4.69) is 24.1 Å². The van der Waals surface area contributed by atoms with Gasteiger partial charge in [-0.2, -0.15) is 0 Å². The van der Waals surface area contributed by atoms with Crippen LogP contribution >= 0.6 is 0 Å². The number of carbonyl (C=O) groups is 1. The third kappa shape index (κ3) is 3.69. The van der Waals surface area contributed by atoms with Gasteiger partial charge in [0.15, 0.2) is 0 Å². The zero-order valence-electron chi connectivity index (χ0n) is 11.8. The molecule has 0 aliphatic heterocycles. The second-order valence-electron chi connectivity index (χ2n) is 6.11. The van der Waals surface area contributed by atoms with Gasteiger partial charge < -0.3 is 11.1 Å². The van der Waals surface area contributed by atoms with Crippen LogP contribution in [0.5, 0.6) is 0 Å². The summed E-state index contributed by atoms with van der Waals surface area (Å²) in [6, 6.07) is 3.86. The molecular formula is C15H23N3O. The topological polar surface area (TPSA) is 68.0 Å². The van der Waals surface area contributed by atoms with E-state index in [1.54, 1.807) is 18.3 Å². The molecule has 0 saturated heterocycles. The molecule has 1 aliphatic carbocycles. The number of nitrogen functional groups attached to an aromatic ring is 1. The summed E-state index contributed by atoms with van der Waals surface area (Å²) in [6.45, 7) is 4.47. The lowest BCUT2D eigenvalue weighted by atomic mass is 9.73. The maximum absolute atomic E-state index is 12.1. The Morgan fingerprint density at radius 3 is 2.89 bits per heavy atom. The van der Waals surface area contributed by atoms with Crippen molar-refractivity contribution in [2.45, 2.75) is 52.0 Å². The van der Waals surface area contributed by atoms with Gasteiger partial charge in [0.25, 0.3) is 0 Å². The van der Waals surface area contributed by atoms with Crippen molar-refractivity contribution in [2.75, 3.05) is 5.73 Å². The minimum absolute atomic E-state index is 0.0530. The molecule has 4 nitrogen and oxygen atoms in total. The molecule has 1 saturated carbocycles. The molecular weight excluding hydrogens is 238 g/mol. The highest BCUT2D eigenvalue weighted by Gasteiger charge is 2.33. The molecule has 1 amide bonds. The summed E-state index contributed by atoms with van der Waals surface area (Å²) in [5, 5.41) is 3.16. The summed E-state index contributed by atoms with van der Waals surface area (Å²) in [6.07, 6.45) is 6.64. The summed E-state index contributed by atoms with van der Waals surface area (Å²) in [7, 11) is 0. The largest absolute Gasteiger partial charge is 0.397 e. The van der Waals surface area contributed by atoms with Gasteiger partial charge in [0, 0.05) is 11.7 Å². The first-order valence-corrected chi connectivity index (χ1v) is 6.97. The van der Waals surface area contributed by atoms with Crippen LogP contribution in [-0.2, 0) is 11.2 Å². The first-order chi connectivity index (χ1) is 8.97. The van der Waals surface area contributed by atoms with Crippen molar-refractivity contribution in [3.8, 4) is 0 Å². The predicted molar refractivity (Wildman–Crippen MR) is 76.5 cm³/mol. The molecule has 1 aromatic rings. The van der Waals surface area contributed by atoms with Gasteiger partial charge in [0.05, 0.1) is 18.3 Å². The second-order valence-corrected chi connectivity index (χ2v) is 6.11. The Balaban J connectivity index is 1.92. The smallest absolute Gasteiger partial charge is 0.226 e. The molecule has 104 valence electrons. The molecule has 1 aromatic heterocycles. The van der Waals surface area contributed by atoms with Gasteiger partial charge in [0.2, 0.25) is 5.91 Å². The number of hydrogen-bond donors (Lipinski definition) is 2. The van der Waals surface area contributed by atoms with E-state index in [-0.39, 0.29) is 17.4 Å². The minimum atomic E-state index is 0.0530. The van der Waals surface area contributed by atoms with Crippen molar-refractivity contribution in [1.29, 1.82) is 0 Å². The van der Waals surface area contributed by atoms with Crippen LogP contribution in [0, 0.1) is 5.41 Å². The highest BCUT2D eigenvalue weighted by molar-refractivity contribution is 5.78. The van der Waals surface area contributed by atoms with E-state index in [9.17, 15) is 4.79 Å². The lowest BCUT2D eigenvalue weighted by Crippen LogP contribution is -2.47. The molecule has 1 unspecified atom stereocenters. The molecule has 1 heterocycles. The van der Waals surface area contributed by atoms with Crippen LogP contribution in [0.25, 0.3) is 0 Å². The van der Waals surface area contributed by atoms with Crippen LogP contribution < -0.4 is 11.1 Å². The molecule has 1 atom stereocenters. The van der Waals surface area contributed by atoms with Crippen LogP contribution in [0.15, 0.2) is 18.3 Å². The quantitative estimate of drug-likeness (QED) is 0.877. The molecule has 1 aliphatic rings. The van der Waals surface area contributed by atoms with E-state index >= 15 is 0 Å². The number of aromatic nitrogens is 1. The van der Waals surface area contributed by atoms with Gasteiger partial charge in [0.1, 0.15) is 0 Å². The normalized spacial score (nSPS) is 21.9. The number of anilines is 1. The van der Waals surface area contributed by atoms with Crippen molar-refractivity contribution in [3.05, 3.63) is 24.0 Å². The van der Waals surface area contributed by atoms with Crippen LogP contribution in [-0.4, -0.2) is 16.9 Å². The van der Waals surface area contributed by atoms with E-state index in [1.165, 1.54) is 19.3 Å². The zero-order chi connectivity index (χ0) is 13.9. The summed E-state index contributed by atoms with van der Waals surface area (Å²) < 4.78 is 0. The van der Waals surface area contributed by atoms with Crippen LogP contribution in [0.1, 0.15) is 45.2 Å². The fraction of sp³-hybridized carbons (Fsp3) is 0.600. The summed E-state index contributed by atoms with van der Waals surface area (Å²) >= 11 is 0. The molecule has 1 fully saturated rings. The number of pyridine rings is 1. The maximum Gasteiger partial charge on any atom is 0.226 e. The molecule has 0 bridgehead atoms. The summed E-state index contributed by atoms with van der Waals surface area (Å²) in [5.41, 5.74) is 7.16. The third-order valence-electron chi connectivity index (χ3n) is 4.03. The number of carbonyl (C=O) groups excluding carboxylic acids is 1. The number of nitrogens with two attached hydrogens (primary N) is 1. The Labute approximate surface area is 114 Å².